The van der Waals surface area contributed by atoms with Gasteiger partial charge >= 0.3 is 0 Å². The van der Waals surface area contributed by atoms with Gasteiger partial charge in [0.25, 0.3) is 5.91 Å². The Balaban J connectivity index is 1.61. The maximum absolute atomic E-state index is 13.1. The van der Waals surface area contributed by atoms with Crippen molar-refractivity contribution in [1.82, 2.24) is 4.98 Å². The van der Waals surface area contributed by atoms with Gasteiger partial charge < -0.3 is 9.47 Å². The molecule has 1 amide bonds. The highest BCUT2D eigenvalue weighted by Crippen LogP contribution is 2.32. The molecule has 1 heterocycles. The normalized spacial score (nSPS) is 10.7. The van der Waals surface area contributed by atoms with Gasteiger partial charge in [-0.05, 0) is 48.4 Å². The molecule has 0 N–H and O–H groups in total. The number of aryl methyl sites for hydroxylation is 1. The zero-order chi connectivity index (χ0) is 20.9. The summed E-state index contributed by atoms with van der Waals surface area (Å²) in [7, 11) is 1.64. The molecule has 0 unspecified atom stereocenters. The number of carbonyl (C=O) groups excluding carboxylic acids is 1. The number of aromatic nitrogens is 1. The van der Waals surface area contributed by atoms with Crippen LogP contribution in [0.4, 0.5) is 5.13 Å². The third kappa shape index (κ3) is 4.60. The van der Waals surface area contributed by atoms with Gasteiger partial charge in [-0.1, -0.05) is 53.8 Å². The number of rotatable bonds is 7. The standard InChI is InChI=1S/C24H22N2O3S/c1-17-7-6-10-20(13-17)29-16-23(27)26(15-18-8-4-3-5-9-18)24-25-21-12-11-19(28-2)14-22(21)30-24/h3-14H,15-16H2,1-2H3. The monoisotopic (exact) mass is 418 g/mol. The summed E-state index contributed by atoms with van der Waals surface area (Å²) < 4.78 is 12.0. The van der Waals surface area contributed by atoms with E-state index in [2.05, 4.69) is 4.98 Å². The van der Waals surface area contributed by atoms with Crippen molar-refractivity contribution in [3.05, 3.63) is 83.9 Å². The Morgan fingerprint density at radius 3 is 2.60 bits per heavy atom. The Kier molecular flexibility index (Phi) is 5.95. The molecular weight excluding hydrogens is 396 g/mol. The number of benzene rings is 3. The fourth-order valence-corrected chi connectivity index (χ4v) is 4.10. The van der Waals surface area contributed by atoms with Crippen LogP contribution in [-0.4, -0.2) is 24.6 Å². The highest BCUT2D eigenvalue weighted by Gasteiger charge is 2.21. The maximum Gasteiger partial charge on any atom is 0.267 e. The Bertz CT molecular complexity index is 1160. The average Bonchev–Trinajstić information content (AvgIpc) is 3.19. The Morgan fingerprint density at radius 2 is 1.83 bits per heavy atom. The van der Waals surface area contributed by atoms with Crippen LogP contribution in [0.15, 0.2) is 72.8 Å². The van der Waals surface area contributed by atoms with Gasteiger partial charge in [0, 0.05) is 0 Å². The molecule has 152 valence electrons. The van der Waals surface area contributed by atoms with E-state index in [1.807, 2.05) is 79.7 Å². The van der Waals surface area contributed by atoms with Crippen LogP contribution in [0.1, 0.15) is 11.1 Å². The second-order valence-corrected chi connectivity index (χ2v) is 7.91. The molecule has 0 saturated heterocycles. The maximum atomic E-state index is 13.1. The SMILES string of the molecule is COc1ccc2nc(N(Cc3ccccc3)C(=O)COc3cccc(C)c3)sc2c1. The lowest BCUT2D eigenvalue weighted by Crippen LogP contribution is -2.34. The smallest absolute Gasteiger partial charge is 0.267 e. The van der Waals surface area contributed by atoms with Gasteiger partial charge in [-0.25, -0.2) is 4.98 Å². The molecule has 0 radical (unpaired) electrons. The molecule has 1 aromatic heterocycles. The van der Waals surface area contributed by atoms with E-state index in [1.165, 1.54) is 11.3 Å². The van der Waals surface area contributed by atoms with Crippen LogP contribution in [0.3, 0.4) is 0 Å². The largest absolute Gasteiger partial charge is 0.497 e. The summed E-state index contributed by atoms with van der Waals surface area (Å²) in [5, 5.41) is 0.639. The first-order valence-corrected chi connectivity index (χ1v) is 10.4. The summed E-state index contributed by atoms with van der Waals surface area (Å²) in [6.07, 6.45) is 0. The molecule has 0 aliphatic rings. The van der Waals surface area contributed by atoms with Crippen LogP contribution in [0.5, 0.6) is 11.5 Å². The molecule has 0 atom stereocenters. The van der Waals surface area contributed by atoms with E-state index in [0.29, 0.717) is 17.4 Å². The van der Waals surface area contributed by atoms with Gasteiger partial charge in [-0.2, -0.15) is 0 Å². The number of methoxy groups -OCH3 is 1. The van der Waals surface area contributed by atoms with Gasteiger partial charge in [0.05, 0.1) is 23.9 Å². The Hall–Kier alpha value is -3.38. The van der Waals surface area contributed by atoms with Crippen molar-refractivity contribution in [2.75, 3.05) is 18.6 Å². The van der Waals surface area contributed by atoms with E-state index in [1.54, 1.807) is 12.0 Å². The minimum Gasteiger partial charge on any atom is -0.497 e. The number of fused-ring (bicyclic) bond motifs is 1. The second kappa shape index (κ2) is 8.97. The van der Waals surface area contributed by atoms with Crippen LogP contribution in [-0.2, 0) is 11.3 Å². The number of carbonyl (C=O) groups is 1. The summed E-state index contributed by atoms with van der Waals surface area (Å²) in [5.74, 6) is 1.30. The Labute approximate surface area is 179 Å². The zero-order valence-electron chi connectivity index (χ0n) is 16.9. The van der Waals surface area contributed by atoms with Crippen LogP contribution < -0.4 is 14.4 Å². The number of amides is 1. The molecule has 0 aliphatic carbocycles. The molecular formula is C24H22N2O3S. The predicted molar refractivity (Wildman–Crippen MR) is 120 cm³/mol. The lowest BCUT2D eigenvalue weighted by molar-refractivity contribution is -0.120. The van der Waals surface area contributed by atoms with Crippen LogP contribution in [0.25, 0.3) is 10.2 Å². The Morgan fingerprint density at radius 1 is 1.00 bits per heavy atom. The molecule has 0 aliphatic heterocycles. The number of ether oxygens (including phenoxy) is 2. The summed E-state index contributed by atoms with van der Waals surface area (Å²) >= 11 is 1.47. The van der Waals surface area contributed by atoms with Crippen molar-refractivity contribution >= 4 is 32.6 Å². The molecule has 4 aromatic rings. The van der Waals surface area contributed by atoms with E-state index in [9.17, 15) is 4.79 Å². The molecule has 4 rings (SSSR count). The van der Waals surface area contributed by atoms with Crippen molar-refractivity contribution in [2.24, 2.45) is 0 Å². The molecule has 30 heavy (non-hydrogen) atoms. The van der Waals surface area contributed by atoms with Crippen molar-refractivity contribution in [2.45, 2.75) is 13.5 Å². The number of hydrogen-bond donors (Lipinski definition) is 0. The molecule has 0 bridgehead atoms. The number of nitrogens with zero attached hydrogens (tertiary/aromatic N) is 2. The topological polar surface area (TPSA) is 51.7 Å². The van der Waals surface area contributed by atoms with Gasteiger partial charge in [-0.3, -0.25) is 9.69 Å². The van der Waals surface area contributed by atoms with E-state index in [-0.39, 0.29) is 12.5 Å². The molecule has 0 spiro atoms. The summed E-state index contributed by atoms with van der Waals surface area (Å²) in [5.41, 5.74) is 2.95. The summed E-state index contributed by atoms with van der Waals surface area (Å²) in [4.78, 5) is 19.5. The van der Waals surface area contributed by atoms with Crippen LogP contribution in [0, 0.1) is 6.92 Å². The molecule has 3 aromatic carbocycles. The highest BCUT2D eigenvalue weighted by molar-refractivity contribution is 7.22. The minimum atomic E-state index is -0.147. The first-order valence-electron chi connectivity index (χ1n) is 9.61. The quantitative estimate of drug-likeness (QED) is 0.413. The van der Waals surface area contributed by atoms with Crippen molar-refractivity contribution in [3.8, 4) is 11.5 Å². The van der Waals surface area contributed by atoms with Crippen LogP contribution >= 0.6 is 11.3 Å². The first-order chi connectivity index (χ1) is 14.6. The fourth-order valence-electron chi connectivity index (χ4n) is 3.09. The minimum absolute atomic E-state index is 0.0600. The highest BCUT2D eigenvalue weighted by atomic mass is 32.1. The number of anilines is 1. The fraction of sp³-hybridized carbons (Fsp3) is 0.167. The molecule has 0 saturated carbocycles. The van der Waals surface area contributed by atoms with E-state index in [4.69, 9.17) is 9.47 Å². The van der Waals surface area contributed by atoms with Crippen LogP contribution in [0.2, 0.25) is 0 Å². The average molecular weight is 419 g/mol. The van der Waals surface area contributed by atoms with Gasteiger partial charge in [0.1, 0.15) is 11.5 Å². The van der Waals surface area contributed by atoms with E-state index < -0.39 is 0 Å². The van der Waals surface area contributed by atoms with Gasteiger partial charge in [0.15, 0.2) is 11.7 Å². The van der Waals surface area contributed by atoms with E-state index >= 15 is 0 Å². The third-order valence-electron chi connectivity index (χ3n) is 4.65. The molecule has 6 heteroatoms. The first kappa shape index (κ1) is 19.9. The van der Waals surface area contributed by atoms with Crippen molar-refractivity contribution < 1.29 is 14.3 Å². The number of thiazole rings is 1. The molecule has 5 nitrogen and oxygen atoms in total. The zero-order valence-corrected chi connectivity index (χ0v) is 17.7. The van der Waals surface area contributed by atoms with Crippen molar-refractivity contribution in [3.63, 3.8) is 0 Å². The lowest BCUT2D eigenvalue weighted by Gasteiger charge is -2.20. The summed E-state index contributed by atoms with van der Waals surface area (Å²) in [6, 6.07) is 23.3. The third-order valence-corrected chi connectivity index (χ3v) is 5.69. The van der Waals surface area contributed by atoms with Gasteiger partial charge in [0.2, 0.25) is 0 Å². The van der Waals surface area contributed by atoms with Gasteiger partial charge in [-0.15, -0.1) is 0 Å². The lowest BCUT2D eigenvalue weighted by atomic mass is 10.2. The number of hydrogen-bond acceptors (Lipinski definition) is 5. The van der Waals surface area contributed by atoms with Crippen molar-refractivity contribution in [1.29, 1.82) is 0 Å². The second-order valence-electron chi connectivity index (χ2n) is 6.90. The van der Waals surface area contributed by atoms with E-state index in [0.717, 1.165) is 27.1 Å². The predicted octanol–water partition coefficient (Wildman–Crippen LogP) is 5.23. The molecule has 0 fully saturated rings. The summed E-state index contributed by atoms with van der Waals surface area (Å²) in [6.45, 7) is 2.36.